The van der Waals surface area contributed by atoms with E-state index in [0.717, 1.165) is 6.07 Å². The number of Topliss-reactive ketones (excluding diaryl/α,β-unsaturated/α-hetero) is 1. The predicted molar refractivity (Wildman–Crippen MR) is 99.4 cm³/mol. The summed E-state index contributed by atoms with van der Waals surface area (Å²) in [6.45, 7) is 2.30. The van der Waals surface area contributed by atoms with Crippen molar-refractivity contribution in [3.05, 3.63) is 65.5 Å². The lowest BCUT2D eigenvalue weighted by Gasteiger charge is -2.14. The molecule has 0 radical (unpaired) electrons. The molecule has 2 N–H and O–H groups in total. The molecule has 0 saturated carbocycles. The molecule has 0 aliphatic carbocycles. The molecule has 0 aliphatic heterocycles. The maximum absolute atomic E-state index is 13.1. The van der Waals surface area contributed by atoms with Crippen LogP contribution in [0, 0.1) is 5.82 Å². The highest BCUT2D eigenvalue weighted by Gasteiger charge is 2.19. The number of halogens is 1. The first-order chi connectivity index (χ1) is 13.3. The fourth-order valence-corrected chi connectivity index (χ4v) is 2.24. The smallest absolute Gasteiger partial charge is 0.326 e. The molecule has 0 saturated heterocycles. The Morgan fingerprint density at radius 3 is 2.39 bits per heavy atom. The van der Waals surface area contributed by atoms with Crippen molar-refractivity contribution in [1.82, 2.24) is 5.32 Å². The maximum atomic E-state index is 13.1. The average molecular weight is 386 g/mol. The van der Waals surface area contributed by atoms with Crippen molar-refractivity contribution in [3.63, 3.8) is 0 Å². The third kappa shape index (κ3) is 6.01. The highest BCUT2D eigenvalue weighted by Crippen LogP contribution is 2.12. The van der Waals surface area contributed by atoms with Crippen LogP contribution in [0.3, 0.4) is 0 Å². The number of hydrogen-bond acceptors (Lipinski definition) is 5. The Morgan fingerprint density at radius 1 is 1.04 bits per heavy atom. The Hall–Kier alpha value is -3.55. The van der Waals surface area contributed by atoms with E-state index in [-0.39, 0.29) is 11.3 Å². The Morgan fingerprint density at radius 2 is 1.71 bits per heavy atom. The lowest BCUT2D eigenvalue weighted by molar-refractivity contribution is -0.152. The van der Waals surface area contributed by atoms with Crippen molar-refractivity contribution in [2.45, 2.75) is 20.0 Å². The molecule has 28 heavy (non-hydrogen) atoms. The fraction of sp³-hybridized carbons (Fsp3) is 0.200. The van der Waals surface area contributed by atoms with E-state index in [0.29, 0.717) is 11.3 Å². The van der Waals surface area contributed by atoms with Crippen LogP contribution >= 0.6 is 0 Å². The molecule has 0 aliphatic rings. The number of anilines is 1. The van der Waals surface area contributed by atoms with Crippen molar-refractivity contribution in [2.75, 3.05) is 11.9 Å². The van der Waals surface area contributed by atoms with Gasteiger partial charge in [0.05, 0.1) is 0 Å². The van der Waals surface area contributed by atoms with Crippen molar-refractivity contribution in [2.24, 2.45) is 0 Å². The van der Waals surface area contributed by atoms with Crippen LogP contribution in [0.5, 0.6) is 0 Å². The van der Waals surface area contributed by atoms with Crippen molar-refractivity contribution < 1.29 is 28.3 Å². The number of carbonyl (C=O) groups excluding carboxylic acids is 4. The quantitative estimate of drug-likeness (QED) is 0.562. The second-order valence-corrected chi connectivity index (χ2v) is 5.95. The molecule has 2 amide bonds. The molecule has 0 aromatic heterocycles. The van der Waals surface area contributed by atoms with Gasteiger partial charge in [0.1, 0.15) is 12.4 Å². The summed E-state index contributed by atoms with van der Waals surface area (Å²) in [7, 11) is 0. The standard InChI is InChI=1S/C20H19FN2O5/c1-12(24)14-5-4-8-17(10-14)23-19(26)13(2)28-18(25)11-22-20(27)15-6-3-7-16(21)9-15/h3-10,13H,11H2,1-2H3,(H,22,27)(H,23,26)/t13-/m1/s1. The van der Waals surface area contributed by atoms with Gasteiger partial charge in [0.2, 0.25) is 0 Å². The minimum absolute atomic E-state index is 0.0592. The van der Waals surface area contributed by atoms with Crippen LogP contribution in [-0.2, 0) is 14.3 Å². The first kappa shape index (κ1) is 20.8. The highest BCUT2D eigenvalue weighted by atomic mass is 19.1. The summed E-state index contributed by atoms with van der Waals surface area (Å²) in [5.41, 5.74) is 0.881. The van der Waals surface area contributed by atoms with E-state index >= 15 is 0 Å². The summed E-state index contributed by atoms with van der Waals surface area (Å²) in [6, 6.07) is 11.3. The number of esters is 1. The van der Waals surface area contributed by atoms with Gasteiger partial charge < -0.3 is 15.4 Å². The fourth-order valence-electron chi connectivity index (χ4n) is 2.24. The Labute approximate surface area is 160 Å². The number of amides is 2. The van der Waals surface area contributed by atoms with Crippen molar-refractivity contribution in [3.8, 4) is 0 Å². The molecule has 7 nitrogen and oxygen atoms in total. The summed E-state index contributed by atoms with van der Waals surface area (Å²) in [6.07, 6.45) is -1.13. The van der Waals surface area contributed by atoms with Gasteiger partial charge in [-0.05, 0) is 44.2 Å². The topological polar surface area (TPSA) is 102 Å². The molecular formula is C20H19FN2O5. The molecule has 146 valence electrons. The lowest BCUT2D eigenvalue weighted by atomic mass is 10.1. The van der Waals surface area contributed by atoms with E-state index in [4.69, 9.17) is 4.74 Å². The lowest BCUT2D eigenvalue weighted by Crippen LogP contribution is -2.35. The summed E-state index contributed by atoms with van der Waals surface area (Å²) in [5, 5.41) is 4.83. The minimum Gasteiger partial charge on any atom is -0.451 e. The largest absolute Gasteiger partial charge is 0.451 e. The number of ketones is 1. The predicted octanol–water partition coefficient (Wildman–Crippen LogP) is 2.33. The van der Waals surface area contributed by atoms with Gasteiger partial charge in [0.15, 0.2) is 11.9 Å². The van der Waals surface area contributed by atoms with Gasteiger partial charge in [0, 0.05) is 16.8 Å². The second-order valence-electron chi connectivity index (χ2n) is 5.95. The molecular weight excluding hydrogens is 367 g/mol. The minimum atomic E-state index is -1.13. The van der Waals surface area contributed by atoms with Gasteiger partial charge in [-0.3, -0.25) is 19.2 Å². The third-order valence-corrected chi connectivity index (χ3v) is 3.69. The number of nitrogens with one attached hydrogen (secondary N) is 2. The van der Waals surface area contributed by atoms with Crippen LogP contribution in [0.1, 0.15) is 34.6 Å². The van der Waals surface area contributed by atoms with Crippen molar-refractivity contribution >= 4 is 29.3 Å². The SMILES string of the molecule is CC(=O)c1cccc(NC(=O)[C@@H](C)OC(=O)CNC(=O)c2cccc(F)c2)c1. The van der Waals surface area contributed by atoms with Crippen molar-refractivity contribution in [1.29, 1.82) is 0 Å². The van der Waals surface area contributed by atoms with E-state index in [1.54, 1.807) is 18.2 Å². The van der Waals surface area contributed by atoms with Crippen LogP contribution in [0.25, 0.3) is 0 Å². The average Bonchev–Trinajstić information content (AvgIpc) is 2.66. The molecule has 2 rings (SSSR count). The molecule has 8 heteroatoms. The molecule has 0 bridgehead atoms. The number of benzene rings is 2. The normalized spacial score (nSPS) is 11.2. The molecule has 2 aromatic rings. The van der Waals surface area contributed by atoms with E-state index in [1.165, 1.54) is 38.1 Å². The van der Waals surface area contributed by atoms with E-state index in [2.05, 4.69) is 10.6 Å². The number of carbonyl (C=O) groups is 4. The Kier molecular flexibility index (Phi) is 6.97. The highest BCUT2D eigenvalue weighted by molar-refractivity contribution is 5.99. The van der Waals surface area contributed by atoms with Crippen LogP contribution < -0.4 is 10.6 Å². The number of rotatable bonds is 7. The Balaban J connectivity index is 1.84. The summed E-state index contributed by atoms with van der Waals surface area (Å²) in [4.78, 5) is 47.2. The zero-order valence-electron chi connectivity index (χ0n) is 15.3. The van der Waals surface area contributed by atoms with Gasteiger partial charge >= 0.3 is 5.97 Å². The summed E-state index contributed by atoms with van der Waals surface area (Å²) in [5.74, 6) is -2.79. The van der Waals surface area contributed by atoms with Crippen LogP contribution in [0.4, 0.5) is 10.1 Å². The zero-order chi connectivity index (χ0) is 20.7. The molecule has 1 atom stereocenters. The van der Waals surface area contributed by atoms with Gasteiger partial charge in [-0.2, -0.15) is 0 Å². The van der Waals surface area contributed by atoms with Gasteiger partial charge in [-0.15, -0.1) is 0 Å². The number of ether oxygens (including phenoxy) is 1. The first-order valence-electron chi connectivity index (χ1n) is 8.41. The molecule has 0 unspecified atom stereocenters. The molecule has 0 spiro atoms. The van der Waals surface area contributed by atoms with E-state index in [1.807, 2.05) is 0 Å². The first-order valence-corrected chi connectivity index (χ1v) is 8.41. The molecule has 0 fully saturated rings. The van der Waals surface area contributed by atoms with E-state index < -0.39 is 36.2 Å². The molecule has 0 heterocycles. The Bertz CT molecular complexity index is 913. The molecule has 2 aromatic carbocycles. The van der Waals surface area contributed by atoms with Gasteiger partial charge in [-0.1, -0.05) is 18.2 Å². The van der Waals surface area contributed by atoms with Gasteiger partial charge in [0.25, 0.3) is 11.8 Å². The monoisotopic (exact) mass is 386 g/mol. The van der Waals surface area contributed by atoms with E-state index in [9.17, 15) is 23.6 Å². The summed E-state index contributed by atoms with van der Waals surface area (Å²) >= 11 is 0. The summed E-state index contributed by atoms with van der Waals surface area (Å²) < 4.78 is 18.1. The third-order valence-electron chi connectivity index (χ3n) is 3.69. The zero-order valence-corrected chi connectivity index (χ0v) is 15.3. The number of hydrogen-bond donors (Lipinski definition) is 2. The second kappa shape index (κ2) is 9.40. The van der Waals surface area contributed by atoms with Gasteiger partial charge in [-0.25, -0.2) is 4.39 Å². The van der Waals surface area contributed by atoms with Crippen LogP contribution in [0.15, 0.2) is 48.5 Å². The maximum Gasteiger partial charge on any atom is 0.326 e. The van der Waals surface area contributed by atoms with Crippen LogP contribution in [-0.4, -0.2) is 36.2 Å². The van der Waals surface area contributed by atoms with Crippen LogP contribution in [0.2, 0.25) is 0 Å².